The van der Waals surface area contributed by atoms with Crippen molar-refractivity contribution in [1.29, 1.82) is 0 Å². The minimum Gasteiger partial charge on any atom is -0.265 e. The van der Waals surface area contributed by atoms with Gasteiger partial charge in [0.05, 0.1) is 0 Å². The lowest BCUT2D eigenvalue weighted by Gasteiger charge is -1.92. The van der Waals surface area contributed by atoms with Crippen LogP contribution in [0.25, 0.3) is 12.2 Å². The van der Waals surface area contributed by atoms with Gasteiger partial charge in [-0.25, -0.2) is 4.57 Å². The molecule has 0 bridgehead atoms. The highest BCUT2D eigenvalue weighted by molar-refractivity contribution is 5.68. The highest BCUT2D eigenvalue weighted by Gasteiger charge is 1.91. The minimum absolute atomic E-state index is 1.17. The molecule has 0 aliphatic carbocycles. The monoisotopic (exact) mass is 197 g/mol. The number of aryl methyl sites for hydroxylation is 1. The Bertz CT molecular complexity index is 444. The Hall–Kier alpha value is -1.96. The van der Waals surface area contributed by atoms with Gasteiger partial charge in [-0.2, -0.15) is 0 Å². The summed E-state index contributed by atoms with van der Waals surface area (Å²) in [5, 5.41) is 0. The average Bonchev–Trinajstić information content (AvgIpc) is 2.30. The molecule has 0 atom stereocenters. The Kier molecular flexibility index (Phi) is 2.88. The second-order valence-corrected chi connectivity index (χ2v) is 3.41. The quantitative estimate of drug-likeness (QED) is 0.673. The Labute approximate surface area is 89.5 Å². The van der Waals surface area contributed by atoms with Gasteiger partial charge in [0.2, 0.25) is 0 Å². The number of hydrogen-bond acceptors (Lipinski definition) is 1. The lowest BCUT2D eigenvalue weighted by Crippen LogP contribution is -2.25. The predicted octanol–water partition coefficient (Wildman–Crippen LogP) is 2.08. The van der Waals surface area contributed by atoms with Gasteiger partial charge in [-0.3, -0.25) is 4.98 Å². The molecule has 0 spiro atoms. The van der Waals surface area contributed by atoms with Crippen LogP contribution >= 0.6 is 0 Å². The molecule has 15 heavy (non-hydrogen) atoms. The highest BCUT2D eigenvalue weighted by Crippen LogP contribution is 2.05. The molecule has 2 rings (SSSR count). The fraction of sp³-hybridized carbons (Fsp3) is 0.0769. The van der Waals surface area contributed by atoms with Gasteiger partial charge in [0.25, 0.3) is 0 Å². The second-order valence-electron chi connectivity index (χ2n) is 3.41. The van der Waals surface area contributed by atoms with Crippen LogP contribution in [0.4, 0.5) is 0 Å². The number of nitrogens with zero attached hydrogens (tertiary/aromatic N) is 2. The lowest BCUT2D eigenvalue weighted by atomic mass is 10.2. The van der Waals surface area contributed by atoms with E-state index in [4.69, 9.17) is 0 Å². The zero-order chi connectivity index (χ0) is 10.5. The maximum atomic E-state index is 3.97. The van der Waals surface area contributed by atoms with E-state index < -0.39 is 0 Å². The molecule has 0 unspecified atom stereocenters. The van der Waals surface area contributed by atoms with Crippen LogP contribution < -0.4 is 4.57 Å². The van der Waals surface area contributed by atoms with Crippen molar-refractivity contribution >= 4 is 12.2 Å². The molecule has 2 heteroatoms. The van der Waals surface area contributed by atoms with Crippen molar-refractivity contribution in [3.63, 3.8) is 0 Å². The third-order valence-electron chi connectivity index (χ3n) is 2.18. The molecule has 0 N–H and O–H groups in total. The minimum atomic E-state index is 1.17. The molecule has 0 fully saturated rings. The summed E-state index contributed by atoms with van der Waals surface area (Å²) >= 11 is 0. The molecule has 2 nitrogen and oxygen atoms in total. The van der Waals surface area contributed by atoms with Crippen LogP contribution in [0.1, 0.15) is 11.1 Å². The first-order valence-electron chi connectivity index (χ1n) is 4.88. The smallest absolute Gasteiger partial charge is 0.169 e. The van der Waals surface area contributed by atoms with Crippen molar-refractivity contribution in [2.24, 2.45) is 7.05 Å². The van der Waals surface area contributed by atoms with Crippen LogP contribution in [0.15, 0.2) is 49.1 Å². The Balaban J connectivity index is 2.15. The summed E-state index contributed by atoms with van der Waals surface area (Å²) in [6.45, 7) is 0. The Morgan fingerprint density at radius 1 is 0.933 bits per heavy atom. The molecule has 0 aliphatic rings. The van der Waals surface area contributed by atoms with Crippen molar-refractivity contribution < 1.29 is 4.57 Å². The summed E-state index contributed by atoms with van der Waals surface area (Å²) in [5.74, 6) is 0. The van der Waals surface area contributed by atoms with Crippen LogP contribution in [-0.4, -0.2) is 4.98 Å². The van der Waals surface area contributed by atoms with E-state index in [-0.39, 0.29) is 0 Å². The van der Waals surface area contributed by atoms with Gasteiger partial charge in [0, 0.05) is 24.5 Å². The second kappa shape index (κ2) is 4.51. The van der Waals surface area contributed by atoms with E-state index in [0.29, 0.717) is 0 Å². The summed E-state index contributed by atoms with van der Waals surface area (Å²) in [6, 6.07) is 8.13. The first-order chi connectivity index (χ1) is 7.34. The summed E-state index contributed by atoms with van der Waals surface area (Å²) in [5.41, 5.74) is 2.36. The van der Waals surface area contributed by atoms with E-state index in [1.165, 1.54) is 11.1 Å². The van der Waals surface area contributed by atoms with E-state index in [9.17, 15) is 0 Å². The molecule has 2 heterocycles. The van der Waals surface area contributed by atoms with Crippen LogP contribution in [0.5, 0.6) is 0 Å². The molecule has 0 saturated carbocycles. The van der Waals surface area contributed by atoms with Gasteiger partial charge in [0.15, 0.2) is 12.4 Å². The van der Waals surface area contributed by atoms with Crippen LogP contribution in [0.3, 0.4) is 0 Å². The summed E-state index contributed by atoms with van der Waals surface area (Å²) in [6.07, 6.45) is 11.8. The van der Waals surface area contributed by atoms with Gasteiger partial charge in [-0.1, -0.05) is 12.2 Å². The summed E-state index contributed by atoms with van der Waals surface area (Å²) < 4.78 is 2.02. The molecule has 0 saturated heterocycles. The Morgan fingerprint density at radius 3 is 2.07 bits per heavy atom. The zero-order valence-corrected chi connectivity index (χ0v) is 8.67. The number of aromatic nitrogens is 2. The maximum Gasteiger partial charge on any atom is 0.169 e. The fourth-order valence-corrected chi connectivity index (χ4v) is 1.29. The fourth-order valence-electron chi connectivity index (χ4n) is 1.29. The van der Waals surface area contributed by atoms with Gasteiger partial charge < -0.3 is 0 Å². The van der Waals surface area contributed by atoms with Crippen molar-refractivity contribution in [3.05, 3.63) is 60.2 Å². The SMILES string of the molecule is C[n+]1ccc(C=Cc2ccncc2)cc1. The van der Waals surface area contributed by atoms with E-state index in [0.717, 1.165) is 0 Å². The average molecular weight is 197 g/mol. The first kappa shape index (κ1) is 9.59. The lowest BCUT2D eigenvalue weighted by molar-refractivity contribution is -0.671. The van der Waals surface area contributed by atoms with Crippen LogP contribution in [0.2, 0.25) is 0 Å². The topological polar surface area (TPSA) is 16.8 Å². The predicted molar refractivity (Wildman–Crippen MR) is 60.8 cm³/mol. The van der Waals surface area contributed by atoms with Gasteiger partial charge in [-0.15, -0.1) is 0 Å². The first-order valence-corrected chi connectivity index (χ1v) is 4.88. The molecule has 0 aliphatic heterocycles. The molecule has 0 radical (unpaired) electrons. The zero-order valence-electron chi connectivity index (χ0n) is 8.67. The highest BCUT2D eigenvalue weighted by atomic mass is 14.9. The largest absolute Gasteiger partial charge is 0.265 e. The molecule has 74 valence electrons. The molecule has 0 amide bonds. The molecular formula is C13H13N2+. The van der Waals surface area contributed by atoms with Gasteiger partial charge >= 0.3 is 0 Å². The molecular weight excluding hydrogens is 184 g/mol. The van der Waals surface area contributed by atoms with Crippen molar-refractivity contribution in [1.82, 2.24) is 4.98 Å². The summed E-state index contributed by atoms with van der Waals surface area (Å²) in [4.78, 5) is 3.97. The summed E-state index contributed by atoms with van der Waals surface area (Å²) in [7, 11) is 2.01. The number of hydrogen-bond donors (Lipinski definition) is 0. The normalized spacial score (nSPS) is 10.7. The van der Waals surface area contributed by atoms with E-state index in [1.54, 1.807) is 12.4 Å². The number of rotatable bonds is 2. The van der Waals surface area contributed by atoms with Gasteiger partial charge in [0.1, 0.15) is 7.05 Å². The van der Waals surface area contributed by atoms with E-state index >= 15 is 0 Å². The third kappa shape index (κ3) is 2.74. The number of pyridine rings is 2. The molecule has 2 aromatic rings. The van der Waals surface area contributed by atoms with Crippen molar-refractivity contribution in [3.8, 4) is 0 Å². The van der Waals surface area contributed by atoms with Gasteiger partial charge in [-0.05, 0) is 23.3 Å². The molecule has 2 aromatic heterocycles. The van der Waals surface area contributed by atoms with Crippen LogP contribution in [-0.2, 0) is 7.05 Å². The van der Waals surface area contributed by atoms with Crippen LogP contribution in [0, 0.1) is 0 Å². The molecule has 0 aromatic carbocycles. The standard InChI is InChI=1S/C13H13N2/c1-15-10-6-13(7-11-15)3-2-12-4-8-14-9-5-12/h2-11H,1H3/q+1. The van der Waals surface area contributed by atoms with E-state index in [1.807, 2.05) is 36.1 Å². The maximum absolute atomic E-state index is 3.97. The third-order valence-corrected chi connectivity index (χ3v) is 2.18. The Morgan fingerprint density at radius 2 is 1.47 bits per heavy atom. The van der Waals surface area contributed by atoms with Crippen molar-refractivity contribution in [2.75, 3.05) is 0 Å². The van der Waals surface area contributed by atoms with E-state index in [2.05, 4.69) is 29.3 Å². The van der Waals surface area contributed by atoms with Crippen molar-refractivity contribution in [2.45, 2.75) is 0 Å².